The van der Waals surface area contributed by atoms with Gasteiger partial charge in [-0.2, -0.15) is 0 Å². The lowest BCUT2D eigenvalue weighted by molar-refractivity contribution is -0.115. The van der Waals surface area contributed by atoms with Gasteiger partial charge in [0.15, 0.2) is 0 Å². The number of imide groups is 1. The lowest BCUT2D eigenvalue weighted by Gasteiger charge is -2.19. The highest BCUT2D eigenvalue weighted by Crippen LogP contribution is 2.27. The van der Waals surface area contributed by atoms with Gasteiger partial charge < -0.3 is 4.74 Å². The molecule has 4 nitrogen and oxygen atoms in total. The highest BCUT2D eigenvalue weighted by atomic mass is 127. The van der Waals surface area contributed by atoms with Gasteiger partial charge in [0.1, 0.15) is 0 Å². The standard InChI is InChI=1S/C11H10INO3S/c1-16-8-3-2-6(4-7(8)12)5-9-10(14)13-11(15)17-9/h2-5,7-8H,1H3,(H,13,14,15)/b9-5-. The molecular formula is C11H10INO3S. The van der Waals surface area contributed by atoms with Crippen molar-refractivity contribution in [3.63, 3.8) is 0 Å². The van der Waals surface area contributed by atoms with Crippen molar-refractivity contribution in [2.24, 2.45) is 0 Å². The lowest BCUT2D eigenvalue weighted by atomic mass is 10.0. The highest BCUT2D eigenvalue weighted by Gasteiger charge is 2.25. The van der Waals surface area contributed by atoms with Crippen LogP contribution in [0.15, 0.2) is 34.8 Å². The fraction of sp³-hybridized carbons (Fsp3) is 0.273. The Bertz CT molecular complexity index is 456. The number of allylic oxidation sites excluding steroid dienone is 3. The molecule has 1 aliphatic heterocycles. The van der Waals surface area contributed by atoms with E-state index in [0.29, 0.717) is 4.91 Å². The first-order chi connectivity index (χ1) is 8.10. The first-order valence-corrected chi connectivity index (χ1v) is 6.98. The third kappa shape index (κ3) is 2.99. The van der Waals surface area contributed by atoms with Crippen molar-refractivity contribution in [1.29, 1.82) is 0 Å². The lowest BCUT2D eigenvalue weighted by Crippen LogP contribution is -2.21. The van der Waals surface area contributed by atoms with Crippen LogP contribution in [-0.4, -0.2) is 28.3 Å². The monoisotopic (exact) mass is 363 g/mol. The van der Waals surface area contributed by atoms with E-state index in [2.05, 4.69) is 27.9 Å². The Labute approximate surface area is 117 Å². The molecule has 1 fully saturated rings. The number of alkyl halides is 1. The largest absolute Gasteiger partial charge is 0.376 e. The number of carbonyl (C=O) groups is 2. The molecule has 2 unspecified atom stereocenters. The zero-order chi connectivity index (χ0) is 12.4. The fourth-order valence-corrected chi connectivity index (χ4v) is 3.15. The van der Waals surface area contributed by atoms with Crippen molar-refractivity contribution in [2.75, 3.05) is 7.11 Å². The molecule has 0 radical (unpaired) electrons. The minimum Gasteiger partial charge on any atom is -0.376 e. The van der Waals surface area contributed by atoms with Gasteiger partial charge in [-0.25, -0.2) is 0 Å². The minimum atomic E-state index is -0.326. The maximum Gasteiger partial charge on any atom is 0.290 e. The molecule has 0 spiro atoms. The number of ether oxygens (including phenoxy) is 1. The van der Waals surface area contributed by atoms with Crippen LogP contribution < -0.4 is 5.32 Å². The van der Waals surface area contributed by atoms with Crippen LogP contribution in [0.4, 0.5) is 4.79 Å². The quantitative estimate of drug-likeness (QED) is 0.464. The van der Waals surface area contributed by atoms with Gasteiger partial charge in [-0.3, -0.25) is 14.9 Å². The van der Waals surface area contributed by atoms with E-state index < -0.39 is 0 Å². The van der Waals surface area contributed by atoms with Crippen LogP contribution >= 0.6 is 34.4 Å². The SMILES string of the molecule is COC1C=CC(/C=C2\SC(=O)NC2=O)=CC1I. The van der Waals surface area contributed by atoms with Crippen molar-refractivity contribution in [3.8, 4) is 0 Å². The predicted octanol–water partition coefficient (Wildman–Crippen LogP) is 2.17. The molecule has 0 aromatic rings. The molecule has 0 aromatic carbocycles. The van der Waals surface area contributed by atoms with Crippen LogP contribution in [-0.2, 0) is 9.53 Å². The normalized spacial score (nSPS) is 30.7. The zero-order valence-corrected chi connectivity index (χ0v) is 11.9. The van der Waals surface area contributed by atoms with Crippen LogP contribution in [0.25, 0.3) is 0 Å². The maximum atomic E-state index is 11.4. The Morgan fingerprint density at radius 2 is 2.29 bits per heavy atom. The molecule has 17 heavy (non-hydrogen) atoms. The summed E-state index contributed by atoms with van der Waals surface area (Å²) in [6.07, 6.45) is 7.64. The number of nitrogens with one attached hydrogen (secondary N) is 1. The van der Waals surface area contributed by atoms with Crippen LogP contribution in [0.5, 0.6) is 0 Å². The van der Waals surface area contributed by atoms with Gasteiger partial charge in [0.2, 0.25) is 0 Å². The van der Waals surface area contributed by atoms with Crippen molar-refractivity contribution in [2.45, 2.75) is 10.0 Å². The van der Waals surface area contributed by atoms with Gasteiger partial charge in [-0.1, -0.05) is 40.8 Å². The van der Waals surface area contributed by atoms with Crippen molar-refractivity contribution in [1.82, 2.24) is 5.32 Å². The second-order valence-electron chi connectivity index (χ2n) is 3.52. The first-order valence-electron chi connectivity index (χ1n) is 4.92. The second kappa shape index (κ2) is 5.36. The number of methoxy groups -OCH3 is 1. The Balaban J connectivity index is 2.16. The Morgan fingerprint density at radius 1 is 1.53 bits per heavy atom. The smallest absolute Gasteiger partial charge is 0.290 e. The molecule has 0 bridgehead atoms. The van der Waals surface area contributed by atoms with E-state index in [9.17, 15) is 9.59 Å². The number of hydrogen-bond donors (Lipinski definition) is 1. The summed E-state index contributed by atoms with van der Waals surface area (Å²) >= 11 is 3.20. The molecule has 6 heteroatoms. The summed E-state index contributed by atoms with van der Waals surface area (Å²) in [5.74, 6) is -0.326. The van der Waals surface area contributed by atoms with Crippen molar-refractivity contribution >= 4 is 45.5 Å². The number of thioether (sulfide) groups is 1. The molecule has 2 amide bonds. The number of hydrogen-bond acceptors (Lipinski definition) is 4. The molecule has 0 aromatic heterocycles. The van der Waals surface area contributed by atoms with Gasteiger partial charge in [-0.15, -0.1) is 0 Å². The number of halogens is 1. The van der Waals surface area contributed by atoms with Gasteiger partial charge in [0, 0.05) is 7.11 Å². The van der Waals surface area contributed by atoms with E-state index in [1.54, 1.807) is 13.2 Å². The van der Waals surface area contributed by atoms with Gasteiger partial charge >= 0.3 is 0 Å². The second-order valence-corrected chi connectivity index (χ2v) is 5.98. The van der Waals surface area contributed by atoms with Crippen LogP contribution in [0, 0.1) is 0 Å². The summed E-state index contributed by atoms with van der Waals surface area (Å²) in [5, 5.41) is 1.91. The molecule has 1 N–H and O–H groups in total. The minimum absolute atomic E-state index is 0.0597. The molecule has 2 atom stereocenters. The third-order valence-electron chi connectivity index (χ3n) is 2.36. The number of amides is 2. The molecule has 2 rings (SSSR count). The summed E-state index contributed by atoms with van der Waals surface area (Å²) in [4.78, 5) is 22.8. The summed E-state index contributed by atoms with van der Waals surface area (Å²) < 4.78 is 5.48. The summed E-state index contributed by atoms with van der Waals surface area (Å²) in [7, 11) is 1.66. The third-order valence-corrected chi connectivity index (χ3v) is 4.23. The first kappa shape index (κ1) is 12.8. The molecule has 1 aliphatic carbocycles. The number of rotatable bonds is 2. The van der Waals surface area contributed by atoms with E-state index in [4.69, 9.17) is 4.74 Å². The Kier molecular flexibility index (Phi) is 4.05. The molecule has 1 heterocycles. The van der Waals surface area contributed by atoms with Gasteiger partial charge in [0.25, 0.3) is 11.1 Å². The topological polar surface area (TPSA) is 55.4 Å². The summed E-state index contributed by atoms with van der Waals surface area (Å²) in [5.41, 5.74) is 0.921. The Morgan fingerprint density at radius 3 is 2.82 bits per heavy atom. The summed E-state index contributed by atoms with van der Waals surface area (Å²) in [6, 6.07) is 0. The van der Waals surface area contributed by atoms with E-state index in [1.165, 1.54) is 0 Å². The van der Waals surface area contributed by atoms with E-state index in [1.807, 2.05) is 18.2 Å². The molecule has 0 saturated carbocycles. The van der Waals surface area contributed by atoms with E-state index in [0.717, 1.165) is 17.3 Å². The highest BCUT2D eigenvalue weighted by molar-refractivity contribution is 14.1. The average Bonchev–Trinajstić information content (AvgIpc) is 2.58. The van der Waals surface area contributed by atoms with E-state index >= 15 is 0 Å². The molecule has 90 valence electrons. The van der Waals surface area contributed by atoms with Crippen LogP contribution in [0.1, 0.15) is 0 Å². The predicted molar refractivity (Wildman–Crippen MR) is 75.0 cm³/mol. The fourth-order valence-electron chi connectivity index (χ4n) is 1.52. The average molecular weight is 363 g/mol. The van der Waals surface area contributed by atoms with Gasteiger partial charge in [0.05, 0.1) is 14.9 Å². The van der Waals surface area contributed by atoms with Gasteiger partial charge in [-0.05, 0) is 23.4 Å². The number of carbonyl (C=O) groups excluding carboxylic acids is 2. The van der Waals surface area contributed by atoms with Crippen LogP contribution in [0.3, 0.4) is 0 Å². The van der Waals surface area contributed by atoms with Crippen molar-refractivity contribution < 1.29 is 14.3 Å². The van der Waals surface area contributed by atoms with Crippen LogP contribution in [0.2, 0.25) is 0 Å². The summed E-state index contributed by atoms with van der Waals surface area (Å²) in [6.45, 7) is 0. The molecular weight excluding hydrogens is 353 g/mol. The maximum absolute atomic E-state index is 11.4. The van der Waals surface area contributed by atoms with Crippen molar-refractivity contribution in [3.05, 3.63) is 34.8 Å². The Hall–Kier alpha value is -0.600. The molecule has 2 aliphatic rings. The zero-order valence-electron chi connectivity index (χ0n) is 8.98. The molecule has 1 saturated heterocycles. The van der Waals surface area contributed by atoms with E-state index in [-0.39, 0.29) is 21.2 Å².